The maximum atomic E-state index is 9.47. The van der Waals surface area contributed by atoms with Gasteiger partial charge in [-0.15, -0.1) is 0 Å². The standard InChI is InChI=1S/C34H23N3O/c1-22(20-35)16-26-18-28(14-10-23(26)2)37(29-15-13-25-12-11-24(21-36)17-27(25)19-29)32-8-5-7-31-30-6-3-4-9-33(30)38-34(31)32/h3-19H,1-2H3/b22-16+. The monoisotopic (exact) mass is 489 g/mol. The molecule has 0 fully saturated rings. The number of benzene rings is 5. The summed E-state index contributed by atoms with van der Waals surface area (Å²) in [5.74, 6) is 0. The molecule has 38 heavy (non-hydrogen) atoms. The predicted octanol–water partition coefficient (Wildman–Crippen LogP) is 9.32. The Morgan fingerprint density at radius 3 is 2.39 bits per heavy atom. The van der Waals surface area contributed by atoms with Crippen LogP contribution in [-0.2, 0) is 0 Å². The summed E-state index contributed by atoms with van der Waals surface area (Å²) in [4.78, 5) is 2.18. The van der Waals surface area contributed by atoms with Gasteiger partial charge in [0.25, 0.3) is 0 Å². The van der Waals surface area contributed by atoms with Crippen LogP contribution in [-0.4, -0.2) is 0 Å². The van der Waals surface area contributed by atoms with Crippen LogP contribution in [0.1, 0.15) is 23.6 Å². The number of allylic oxidation sites excluding steroid dienone is 1. The van der Waals surface area contributed by atoms with Gasteiger partial charge in [0.05, 0.1) is 23.4 Å². The highest BCUT2D eigenvalue weighted by atomic mass is 16.3. The third-order valence-electron chi connectivity index (χ3n) is 6.90. The number of anilines is 3. The van der Waals surface area contributed by atoms with Gasteiger partial charge >= 0.3 is 0 Å². The fraction of sp³-hybridized carbons (Fsp3) is 0.0588. The molecular weight excluding hydrogens is 466 g/mol. The van der Waals surface area contributed by atoms with Crippen LogP contribution in [0.4, 0.5) is 17.1 Å². The highest BCUT2D eigenvalue weighted by Crippen LogP contribution is 2.43. The van der Waals surface area contributed by atoms with Crippen LogP contribution in [0.15, 0.2) is 107 Å². The van der Waals surface area contributed by atoms with Crippen molar-refractivity contribution < 1.29 is 4.42 Å². The Morgan fingerprint density at radius 1 is 0.789 bits per heavy atom. The second-order valence-corrected chi connectivity index (χ2v) is 9.43. The summed E-state index contributed by atoms with van der Waals surface area (Å²) in [7, 11) is 0. The number of furan rings is 1. The SMILES string of the molecule is C/C(C#N)=C\c1cc(N(c2ccc3ccc(C#N)cc3c2)c2cccc3c2oc2ccccc23)ccc1C. The lowest BCUT2D eigenvalue weighted by atomic mass is 10.0. The largest absolute Gasteiger partial charge is 0.454 e. The van der Waals surface area contributed by atoms with Crippen LogP contribution in [0.5, 0.6) is 0 Å². The minimum absolute atomic E-state index is 0.621. The van der Waals surface area contributed by atoms with E-state index in [1.807, 2.05) is 56.3 Å². The van der Waals surface area contributed by atoms with Crippen molar-refractivity contribution in [2.24, 2.45) is 0 Å². The topological polar surface area (TPSA) is 64.0 Å². The van der Waals surface area contributed by atoms with Gasteiger partial charge in [-0.05, 0) is 90.4 Å². The summed E-state index contributed by atoms with van der Waals surface area (Å²) in [5.41, 5.74) is 7.76. The van der Waals surface area contributed by atoms with E-state index in [-0.39, 0.29) is 0 Å². The molecule has 0 spiro atoms. The van der Waals surface area contributed by atoms with Crippen molar-refractivity contribution in [2.45, 2.75) is 13.8 Å². The van der Waals surface area contributed by atoms with E-state index >= 15 is 0 Å². The summed E-state index contributed by atoms with van der Waals surface area (Å²) in [6.07, 6.45) is 1.92. The number of aryl methyl sites for hydroxylation is 1. The van der Waals surface area contributed by atoms with Gasteiger partial charge in [0.1, 0.15) is 5.58 Å². The molecule has 0 N–H and O–H groups in total. The zero-order chi connectivity index (χ0) is 26.2. The van der Waals surface area contributed by atoms with Gasteiger partial charge in [0, 0.05) is 27.7 Å². The van der Waals surface area contributed by atoms with Crippen LogP contribution >= 0.6 is 0 Å². The molecule has 1 aromatic heterocycles. The van der Waals surface area contributed by atoms with Crippen molar-refractivity contribution >= 4 is 55.8 Å². The van der Waals surface area contributed by atoms with E-state index in [9.17, 15) is 10.5 Å². The fourth-order valence-corrected chi connectivity index (χ4v) is 4.97. The average molecular weight is 490 g/mol. The first-order chi connectivity index (χ1) is 18.6. The van der Waals surface area contributed by atoms with Crippen molar-refractivity contribution in [1.29, 1.82) is 10.5 Å². The molecule has 1 heterocycles. The zero-order valence-corrected chi connectivity index (χ0v) is 21.1. The predicted molar refractivity (Wildman–Crippen MR) is 155 cm³/mol. The lowest BCUT2D eigenvalue weighted by Gasteiger charge is -2.26. The Hall–Kier alpha value is -5.32. The molecular formula is C34H23N3O. The van der Waals surface area contributed by atoms with Gasteiger partial charge in [-0.1, -0.05) is 48.5 Å². The second kappa shape index (κ2) is 9.28. The molecule has 180 valence electrons. The van der Waals surface area contributed by atoms with E-state index in [2.05, 4.69) is 77.7 Å². The Bertz CT molecular complexity index is 1980. The Balaban J connectivity index is 1.64. The highest BCUT2D eigenvalue weighted by molar-refractivity contribution is 6.10. The summed E-state index contributed by atoms with van der Waals surface area (Å²) >= 11 is 0. The number of fused-ring (bicyclic) bond motifs is 4. The van der Waals surface area contributed by atoms with E-state index in [0.29, 0.717) is 11.1 Å². The molecule has 0 aliphatic carbocycles. The van der Waals surface area contributed by atoms with Crippen molar-refractivity contribution in [2.75, 3.05) is 4.90 Å². The minimum Gasteiger partial charge on any atom is -0.454 e. The van der Waals surface area contributed by atoms with Crippen LogP contribution in [0, 0.1) is 29.6 Å². The quantitative estimate of drug-likeness (QED) is 0.231. The molecule has 4 nitrogen and oxygen atoms in total. The molecule has 6 rings (SSSR count). The van der Waals surface area contributed by atoms with Crippen molar-refractivity contribution in [1.82, 2.24) is 0 Å². The van der Waals surface area contributed by atoms with Crippen molar-refractivity contribution in [3.05, 3.63) is 119 Å². The highest BCUT2D eigenvalue weighted by Gasteiger charge is 2.20. The van der Waals surface area contributed by atoms with Gasteiger partial charge in [-0.2, -0.15) is 10.5 Å². The number of hydrogen-bond acceptors (Lipinski definition) is 4. The molecule has 4 heteroatoms. The number of nitriles is 2. The van der Waals surface area contributed by atoms with Crippen LogP contribution < -0.4 is 4.90 Å². The molecule has 0 saturated carbocycles. The summed E-state index contributed by atoms with van der Waals surface area (Å²) < 4.78 is 6.43. The normalized spacial score (nSPS) is 11.5. The summed E-state index contributed by atoms with van der Waals surface area (Å²) in [6, 6.07) is 37.0. The molecule has 0 saturated heterocycles. The molecule has 0 unspecified atom stereocenters. The first kappa shape index (κ1) is 23.1. The molecule has 0 radical (unpaired) electrons. The lowest BCUT2D eigenvalue weighted by molar-refractivity contribution is 0.669. The summed E-state index contributed by atoms with van der Waals surface area (Å²) in [5, 5.41) is 23.0. The fourth-order valence-electron chi connectivity index (χ4n) is 4.97. The maximum absolute atomic E-state index is 9.47. The first-order valence-corrected chi connectivity index (χ1v) is 12.4. The van der Waals surface area contributed by atoms with Gasteiger partial charge in [-0.25, -0.2) is 0 Å². The van der Waals surface area contributed by atoms with E-state index in [1.54, 1.807) is 0 Å². The van der Waals surface area contributed by atoms with Gasteiger partial charge < -0.3 is 9.32 Å². The number of para-hydroxylation sites is 2. The van der Waals surface area contributed by atoms with E-state index in [4.69, 9.17) is 4.42 Å². The van der Waals surface area contributed by atoms with Crippen LogP contribution in [0.25, 0.3) is 38.8 Å². The number of rotatable bonds is 4. The Labute approximate surface area is 220 Å². The minimum atomic E-state index is 0.621. The van der Waals surface area contributed by atoms with Gasteiger partial charge in [-0.3, -0.25) is 0 Å². The molecule has 0 aliphatic rings. The number of nitrogens with zero attached hydrogens (tertiary/aromatic N) is 3. The van der Waals surface area contributed by atoms with Crippen LogP contribution in [0.2, 0.25) is 0 Å². The molecule has 6 aromatic rings. The average Bonchev–Trinajstić information content (AvgIpc) is 3.34. The van der Waals surface area contributed by atoms with Crippen molar-refractivity contribution in [3.8, 4) is 12.1 Å². The molecule has 0 atom stereocenters. The van der Waals surface area contributed by atoms with Gasteiger partial charge in [0.15, 0.2) is 5.58 Å². The summed E-state index contributed by atoms with van der Waals surface area (Å²) in [6.45, 7) is 3.86. The third kappa shape index (κ3) is 3.95. The Morgan fingerprint density at radius 2 is 1.55 bits per heavy atom. The van der Waals surface area contributed by atoms with E-state index < -0.39 is 0 Å². The van der Waals surface area contributed by atoms with E-state index in [1.165, 1.54) is 0 Å². The first-order valence-electron chi connectivity index (χ1n) is 12.4. The van der Waals surface area contributed by atoms with E-state index in [0.717, 1.165) is 60.9 Å². The molecule has 5 aromatic carbocycles. The maximum Gasteiger partial charge on any atom is 0.159 e. The number of hydrogen-bond donors (Lipinski definition) is 0. The zero-order valence-electron chi connectivity index (χ0n) is 21.1. The smallest absolute Gasteiger partial charge is 0.159 e. The molecule has 0 amide bonds. The van der Waals surface area contributed by atoms with Crippen molar-refractivity contribution in [3.63, 3.8) is 0 Å². The van der Waals surface area contributed by atoms with Crippen LogP contribution in [0.3, 0.4) is 0 Å². The Kier molecular flexibility index (Phi) is 5.64. The second-order valence-electron chi connectivity index (χ2n) is 9.43. The molecule has 0 bridgehead atoms. The lowest BCUT2D eigenvalue weighted by Crippen LogP contribution is -2.10. The molecule has 0 aliphatic heterocycles. The third-order valence-corrected chi connectivity index (χ3v) is 6.90. The van der Waals surface area contributed by atoms with Gasteiger partial charge in [0.2, 0.25) is 0 Å².